The molecule has 0 radical (unpaired) electrons. The molecular weight excluding hydrogens is 1010 g/mol. The van der Waals surface area contributed by atoms with Gasteiger partial charge in [0, 0.05) is 19.3 Å². The molecule has 0 aliphatic rings. The molecule has 0 saturated carbocycles. The predicted octanol–water partition coefficient (Wildman–Crippen LogP) is 24.8. The van der Waals surface area contributed by atoms with E-state index in [0.29, 0.717) is 19.3 Å². The number of hydrogen-bond acceptors (Lipinski definition) is 6. The first kappa shape index (κ1) is 78.8. The Morgan fingerprint density at radius 3 is 0.756 bits per heavy atom. The lowest BCUT2D eigenvalue weighted by Crippen LogP contribution is -2.30. The van der Waals surface area contributed by atoms with Gasteiger partial charge >= 0.3 is 17.9 Å². The van der Waals surface area contributed by atoms with Gasteiger partial charge in [-0.3, -0.25) is 14.4 Å². The van der Waals surface area contributed by atoms with E-state index in [4.69, 9.17) is 14.2 Å². The SMILES string of the molecule is CC/C=C\C/C=C\C/C=C\C/C=C\CCCCCCC(=O)OCC(COC(=O)CCCCCCCCCCCCCCCCCCC/C=C\CCCCCCCCCC)OC(=O)CCCCCCCCC/C=C\CCCCCCCCC. The third-order valence-electron chi connectivity index (χ3n) is 15.9. The van der Waals surface area contributed by atoms with Gasteiger partial charge in [0.1, 0.15) is 13.2 Å². The van der Waals surface area contributed by atoms with E-state index in [9.17, 15) is 14.4 Å². The van der Waals surface area contributed by atoms with Crippen LogP contribution in [0.1, 0.15) is 374 Å². The van der Waals surface area contributed by atoms with Gasteiger partial charge < -0.3 is 14.2 Å². The monoisotopic (exact) mass is 1150 g/mol. The molecule has 0 aliphatic heterocycles. The number of hydrogen-bond donors (Lipinski definition) is 0. The molecule has 0 rings (SSSR count). The van der Waals surface area contributed by atoms with Crippen LogP contribution in [0.5, 0.6) is 0 Å². The molecule has 0 saturated heterocycles. The van der Waals surface area contributed by atoms with Crippen molar-refractivity contribution in [3.05, 3.63) is 72.9 Å². The lowest BCUT2D eigenvalue weighted by atomic mass is 10.0. The zero-order valence-electron chi connectivity index (χ0n) is 54.8. The first-order valence-electron chi connectivity index (χ1n) is 35.9. The minimum absolute atomic E-state index is 0.0821. The van der Waals surface area contributed by atoms with Crippen molar-refractivity contribution >= 4 is 17.9 Å². The molecule has 0 aliphatic carbocycles. The Morgan fingerprint density at radius 2 is 0.476 bits per heavy atom. The second-order valence-electron chi connectivity index (χ2n) is 24.1. The van der Waals surface area contributed by atoms with E-state index < -0.39 is 6.10 Å². The summed E-state index contributed by atoms with van der Waals surface area (Å²) in [5, 5.41) is 0. The molecule has 0 aromatic rings. The van der Waals surface area contributed by atoms with Crippen LogP contribution in [0.3, 0.4) is 0 Å². The minimum atomic E-state index is -0.789. The summed E-state index contributed by atoms with van der Waals surface area (Å²) in [6, 6.07) is 0. The van der Waals surface area contributed by atoms with E-state index in [1.54, 1.807) is 0 Å². The van der Waals surface area contributed by atoms with E-state index in [-0.39, 0.29) is 31.1 Å². The van der Waals surface area contributed by atoms with Gasteiger partial charge in [0.05, 0.1) is 0 Å². The third-order valence-corrected chi connectivity index (χ3v) is 15.9. The summed E-state index contributed by atoms with van der Waals surface area (Å²) in [5.74, 6) is -0.890. The second-order valence-corrected chi connectivity index (χ2v) is 24.1. The quantitative estimate of drug-likeness (QED) is 0.0261. The molecule has 0 amide bonds. The summed E-state index contributed by atoms with van der Waals surface area (Å²) in [5.41, 5.74) is 0. The van der Waals surface area contributed by atoms with Crippen molar-refractivity contribution in [2.45, 2.75) is 380 Å². The molecule has 0 bridgehead atoms. The van der Waals surface area contributed by atoms with Gasteiger partial charge in [-0.1, -0.05) is 318 Å². The molecule has 0 N–H and O–H groups in total. The summed E-state index contributed by atoms with van der Waals surface area (Å²) in [6.07, 6.45) is 92.2. The fourth-order valence-corrected chi connectivity index (χ4v) is 10.5. The van der Waals surface area contributed by atoms with Gasteiger partial charge in [0.2, 0.25) is 0 Å². The van der Waals surface area contributed by atoms with Crippen molar-refractivity contribution in [2.24, 2.45) is 0 Å². The van der Waals surface area contributed by atoms with Crippen LogP contribution < -0.4 is 0 Å². The highest BCUT2D eigenvalue weighted by Gasteiger charge is 2.19. The number of carbonyl (C=O) groups excluding carboxylic acids is 3. The lowest BCUT2D eigenvalue weighted by molar-refractivity contribution is -0.167. The van der Waals surface area contributed by atoms with Crippen molar-refractivity contribution in [1.29, 1.82) is 0 Å². The summed E-state index contributed by atoms with van der Waals surface area (Å²) in [6.45, 7) is 6.56. The Kier molecular flexibility index (Phi) is 67.6. The smallest absolute Gasteiger partial charge is 0.306 e. The van der Waals surface area contributed by atoms with E-state index in [2.05, 4.69) is 93.7 Å². The maximum Gasteiger partial charge on any atom is 0.306 e. The highest BCUT2D eigenvalue weighted by atomic mass is 16.6. The number of unbranched alkanes of at least 4 members (excludes halogenated alkanes) is 43. The fraction of sp³-hybridized carbons (Fsp3) is 0.803. The van der Waals surface area contributed by atoms with Crippen LogP contribution in [0.2, 0.25) is 0 Å². The summed E-state index contributed by atoms with van der Waals surface area (Å²) in [4.78, 5) is 38.5. The van der Waals surface area contributed by atoms with Crippen molar-refractivity contribution in [3.8, 4) is 0 Å². The average Bonchev–Trinajstić information content (AvgIpc) is 3.47. The lowest BCUT2D eigenvalue weighted by Gasteiger charge is -2.18. The number of carbonyl (C=O) groups is 3. The zero-order valence-corrected chi connectivity index (χ0v) is 54.8. The van der Waals surface area contributed by atoms with Crippen molar-refractivity contribution in [2.75, 3.05) is 13.2 Å². The molecule has 1 unspecified atom stereocenters. The van der Waals surface area contributed by atoms with Crippen molar-refractivity contribution < 1.29 is 28.6 Å². The van der Waals surface area contributed by atoms with Gasteiger partial charge in [0.15, 0.2) is 6.10 Å². The Bertz CT molecular complexity index is 1500. The van der Waals surface area contributed by atoms with Crippen LogP contribution in [0.25, 0.3) is 0 Å². The van der Waals surface area contributed by atoms with Gasteiger partial charge in [-0.2, -0.15) is 0 Å². The molecule has 0 spiro atoms. The molecule has 0 aromatic heterocycles. The third kappa shape index (κ3) is 67.6. The molecule has 6 nitrogen and oxygen atoms in total. The number of esters is 3. The van der Waals surface area contributed by atoms with E-state index in [1.165, 1.54) is 238 Å². The number of allylic oxidation sites excluding steroid dienone is 12. The first-order chi connectivity index (χ1) is 40.5. The highest BCUT2D eigenvalue weighted by molar-refractivity contribution is 5.71. The van der Waals surface area contributed by atoms with E-state index >= 15 is 0 Å². The van der Waals surface area contributed by atoms with Gasteiger partial charge in [0.25, 0.3) is 0 Å². The normalized spacial score (nSPS) is 12.5. The maximum atomic E-state index is 12.9. The predicted molar refractivity (Wildman–Crippen MR) is 358 cm³/mol. The summed E-state index contributed by atoms with van der Waals surface area (Å²) in [7, 11) is 0. The molecule has 0 fully saturated rings. The van der Waals surface area contributed by atoms with E-state index in [0.717, 1.165) is 96.3 Å². The maximum absolute atomic E-state index is 12.9. The van der Waals surface area contributed by atoms with Gasteiger partial charge in [-0.15, -0.1) is 0 Å². The van der Waals surface area contributed by atoms with Crippen LogP contribution in [0, 0.1) is 0 Å². The standard InChI is InChI=1S/C76H136O6/c1-4-7-10-13-16-19-22-25-28-31-33-34-35-36-37-38-39-40-41-42-43-46-48-51-54-57-60-63-66-69-75(78)81-72-73(71-80-74(77)68-65-62-59-56-53-50-47-44-30-27-24-21-18-15-12-9-6-3)82-76(79)70-67-64-61-58-55-52-49-45-32-29-26-23-20-17-14-11-8-5-2/h9,12,18,21,27,29-33,47,50,73H,4-8,10-11,13-17,19-20,22-26,28,34-46,48-49,51-72H2,1-3H3/b12-9-,21-18-,30-27-,32-29-,33-31-,50-47-. The molecule has 476 valence electrons. The van der Waals surface area contributed by atoms with Gasteiger partial charge in [-0.05, 0) is 109 Å². The Balaban J connectivity index is 4.27. The van der Waals surface area contributed by atoms with E-state index in [1.807, 2.05) is 0 Å². The van der Waals surface area contributed by atoms with Crippen LogP contribution >= 0.6 is 0 Å². The van der Waals surface area contributed by atoms with Crippen molar-refractivity contribution in [3.63, 3.8) is 0 Å². The molecular formula is C76H136O6. The first-order valence-corrected chi connectivity index (χ1v) is 35.9. The Labute approximate surface area is 510 Å². The molecule has 82 heavy (non-hydrogen) atoms. The molecule has 6 heteroatoms. The zero-order chi connectivity index (χ0) is 59.2. The Hall–Kier alpha value is -3.15. The number of rotatable bonds is 66. The number of ether oxygens (including phenoxy) is 3. The molecule has 0 aromatic carbocycles. The Morgan fingerprint density at radius 1 is 0.256 bits per heavy atom. The second kappa shape index (κ2) is 70.3. The molecule has 0 heterocycles. The van der Waals surface area contributed by atoms with Crippen LogP contribution in [-0.2, 0) is 28.6 Å². The van der Waals surface area contributed by atoms with Crippen LogP contribution in [-0.4, -0.2) is 37.2 Å². The van der Waals surface area contributed by atoms with Gasteiger partial charge in [-0.25, -0.2) is 0 Å². The largest absolute Gasteiger partial charge is 0.462 e. The topological polar surface area (TPSA) is 78.9 Å². The minimum Gasteiger partial charge on any atom is -0.462 e. The van der Waals surface area contributed by atoms with Crippen LogP contribution in [0.4, 0.5) is 0 Å². The molecule has 1 atom stereocenters. The fourth-order valence-electron chi connectivity index (χ4n) is 10.5. The average molecular weight is 1150 g/mol. The summed E-state index contributed by atoms with van der Waals surface area (Å²) >= 11 is 0. The summed E-state index contributed by atoms with van der Waals surface area (Å²) < 4.78 is 17.0. The van der Waals surface area contributed by atoms with Crippen molar-refractivity contribution in [1.82, 2.24) is 0 Å². The highest BCUT2D eigenvalue weighted by Crippen LogP contribution is 2.18. The van der Waals surface area contributed by atoms with Crippen LogP contribution in [0.15, 0.2) is 72.9 Å².